The molecular formula is C18H15N3O3S. The van der Waals surface area contributed by atoms with Gasteiger partial charge in [0.1, 0.15) is 5.75 Å². The van der Waals surface area contributed by atoms with Crippen molar-refractivity contribution in [1.82, 2.24) is 14.6 Å². The van der Waals surface area contributed by atoms with Crippen LogP contribution in [0.4, 0.5) is 0 Å². The molecule has 1 aromatic carbocycles. The third-order valence-corrected chi connectivity index (χ3v) is 5.08. The first kappa shape index (κ1) is 15.5. The van der Waals surface area contributed by atoms with E-state index in [2.05, 4.69) is 10.1 Å². The van der Waals surface area contributed by atoms with Gasteiger partial charge in [-0.3, -0.25) is 0 Å². The number of hydrogen-bond donors (Lipinski definition) is 1. The summed E-state index contributed by atoms with van der Waals surface area (Å²) in [4.78, 5) is 5.20. The van der Waals surface area contributed by atoms with Gasteiger partial charge in [-0.25, -0.2) is 4.98 Å². The summed E-state index contributed by atoms with van der Waals surface area (Å²) in [6.07, 6.45) is 3.22. The monoisotopic (exact) mass is 353 g/mol. The van der Waals surface area contributed by atoms with Crippen molar-refractivity contribution < 1.29 is 14.6 Å². The number of fused-ring (bicyclic) bond motifs is 1. The number of benzene rings is 1. The lowest BCUT2D eigenvalue weighted by Gasteiger charge is -2.07. The summed E-state index contributed by atoms with van der Waals surface area (Å²) in [5, 5.41) is 14.9. The van der Waals surface area contributed by atoms with E-state index in [4.69, 9.17) is 9.47 Å². The maximum absolute atomic E-state index is 9.95. The summed E-state index contributed by atoms with van der Waals surface area (Å²) in [6.45, 7) is 0. The zero-order chi connectivity index (χ0) is 17.4. The normalized spacial score (nSPS) is 11.0. The van der Waals surface area contributed by atoms with Crippen molar-refractivity contribution >= 4 is 17.0 Å². The minimum absolute atomic E-state index is 0.0296. The molecule has 0 aliphatic heterocycles. The Kier molecular flexibility index (Phi) is 3.77. The molecule has 4 aromatic rings. The molecule has 0 atom stereocenters. The molecule has 0 amide bonds. The van der Waals surface area contributed by atoms with Crippen LogP contribution in [0.15, 0.2) is 48.8 Å². The molecule has 0 saturated heterocycles. The van der Waals surface area contributed by atoms with Gasteiger partial charge in [-0.2, -0.15) is 9.61 Å². The van der Waals surface area contributed by atoms with Crippen molar-refractivity contribution in [2.24, 2.45) is 0 Å². The predicted octanol–water partition coefficient (Wildman–Crippen LogP) is 3.85. The van der Waals surface area contributed by atoms with Gasteiger partial charge in [0.15, 0.2) is 10.7 Å². The van der Waals surface area contributed by atoms with Gasteiger partial charge in [-0.1, -0.05) is 41.7 Å². The maximum atomic E-state index is 9.95. The molecule has 0 spiro atoms. The summed E-state index contributed by atoms with van der Waals surface area (Å²) in [7, 11) is 3.27. The molecule has 0 radical (unpaired) electrons. The highest BCUT2D eigenvalue weighted by Gasteiger charge is 2.25. The zero-order valence-corrected chi connectivity index (χ0v) is 14.4. The van der Waals surface area contributed by atoms with Crippen molar-refractivity contribution in [2.45, 2.75) is 0 Å². The van der Waals surface area contributed by atoms with Crippen molar-refractivity contribution in [3.8, 4) is 38.3 Å². The molecule has 3 aromatic heterocycles. The number of rotatable bonds is 4. The summed E-state index contributed by atoms with van der Waals surface area (Å²) < 4.78 is 12.7. The third-order valence-electron chi connectivity index (χ3n) is 3.91. The van der Waals surface area contributed by atoms with Gasteiger partial charge in [0.25, 0.3) is 0 Å². The van der Waals surface area contributed by atoms with E-state index in [9.17, 15) is 5.11 Å². The molecule has 0 bridgehead atoms. The number of aromatic hydroxyl groups is 1. The number of nitrogens with zero attached hydrogens (tertiary/aromatic N) is 3. The predicted molar refractivity (Wildman–Crippen MR) is 96.5 cm³/mol. The number of aromatic nitrogens is 3. The Labute approximate surface area is 147 Å². The average molecular weight is 353 g/mol. The number of hydrogen-bond acceptors (Lipinski definition) is 6. The van der Waals surface area contributed by atoms with Gasteiger partial charge in [0.05, 0.1) is 36.4 Å². The van der Waals surface area contributed by atoms with Gasteiger partial charge in [-0.05, 0) is 5.56 Å². The Morgan fingerprint density at radius 2 is 1.88 bits per heavy atom. The first-order valence-electron chi connectivity index (χ1n) is 7.57. The van der Waals surface area contributed by atoms with Crippen LogP contribution in [-0.4, -0.2) is 33.9 Å². The van der Waals surface area contributed by atoms with E-state index >= 15 is 0 Å². The highest BCUT2D eigenvalue weighted by Crippen LogP contribution is 2.52. The quantitative estimate of drug-likeness (QED) is 0.603. The first-order chi connectivity index (χ1) is 12.2. The Morgan fingerprint density at radius 3 is 2.60 bits per heavy atom. The van der Waals surface area contributed by atoms with Crippen LogP contribution in [-0.2, 0) is 0 Å². The molecule has 1 N–H and O–H groups in total. The van der Waals surface area contributed by atoms with Gasteiger partial charge >= 0.3 is 0 Å². The highest BCUT2D eigenvalue weighted by molar-refractivity contribution is 7.18. The Hall–Kier alpha value is -3.06. The van der Waals surface area contributed by atoms with E-state index in [0.717, 1.165) is 26.6 Å². The lowest BCUT2D eigenvalue weighted by molar-refractivity contribution is 0.409. The molecule has 6 nitrogen and oxygen atoms in total. The fourth-order valence-electron chi connectivity index (χ4n) is 2.81. The van der Waals surface area contributed by atoms with E-state index in [0.29, 0.717) is 11.4 Å². The molecule has 3 heterocycles. The van der Waals surface area contributed by atoms with Crippen molar-refractivity contribution in [3.05, 3.63) is 48.8 Å². The number of methoxy groups -OCH3 is 2. The molecule has 4 rings (SSSR count). The standard InChI is InChI=1S/C18H15N3O3S/c1-23-15-14(11-6-4-3-5-7-11)18(24-2)25-16(15)12-10-20-21-13(22)8-9-19-17(12)21/h3-10,22H,1-2H3. The van der Waals surface area contributed by atoms with E-state index in [1.165, 1.54) is 21.9 Å². The van der Waals surface area contributed by atoms with Crippen LogP contribution < -0.4 is 9.47 Å². The number of thiophene rings is 1. The van der Waals surface area contributed by atoms with Crippen molar-refractivity contribution in [1.29, 1.82) is 0 Å². The SMILES string of the molecule is COc1sc(-c2cnn3c(O)ccnc23)c(OC)c1-c1ccccc1. The van der Waals surface area contributed by atoms with Gasteiger partial charge in [0.2, 0.25) is 5.88 Å². The Balaban J connectivity index is 1.99. The van der Waals surface area contributed by atoms with Crippen LogP contribution in [0, 0.1) is 0 Å². The zero-order valence-electron chi connectivity index (χ0n) is 13.6. The van der Waals surface area contributed by atoms with Gasteiger partial charge < -0.3 is 14.6 Å². The van der Waals surface area contributed by atoms with Crippen molar-refractivity contribution in [3.63, 3.8) is 0 Å². The lowest BCUT2D eigenvalue weighted by Crippen LogP contribution is -1.91. The molecule has 0 saturated carbocycles. The summed E-state index contributed by atoms with van der Waals surface area (Å²) in [5.41, 5.74) is 3.23. The molecule has 0 fully saturated rings. The second-order valence-corrected chi connectivity index (χ2v) is 6.28. The highest BCUT2D eigenvalue weighted by atomic mass is 32.1. The van der Waals surface area contributed by atoms with Crippen LogP contribution in [0.1, 0.15) is 0 Å². The molecule has 25 heavy (non-hydrogen) atoms. The molecule has 7 heteroatoms. The molecule has 126 valence electrons. The number of ether oxygens (including phenoxy) is 2. The van der Waals surface area contributed by atoms with Crippen LogP contribution in [0.3, 0.4) is 0 Å². The van der Waals surface area contributed by atoms with Crippen molar-refractivity contribution in [2.75, 3.05) is 14.2 Å². The molecule has 0 aliphatic carbocycles. The minimum Gasteiger partial charge on any atom is -0.494 e. The fourth-order valence-corrected chi connectivity index (χ4v) is 3.92. The summed E-state index contributed by atoms with van der Waals surface area (Å²) >= 11 is 1.46. The average Bonchev–Trinajstić information content (AvgIpc) is 3.23. The second kappa shape index (κ2) is 6.10. The minimum atomic E-state index is 0.0296. The van der Waals surface area contributed by atoms with Crippen LogP contribution >= 0.6 is 11.3 Å². The summed E-state index contributed by atoms with van der Waals surface area (Å²) in [5.74, 6) is 0.732. The van der Waals surface area contributed by atoms with Crippen LogP contribution in [0.5, 0.6) is 16.7 Å². The third kappa shape index (κ3) is 2.40. The summed E-state index contributed by atoms with van der Waals surface area (Å²) in [6, 6.07) is 11.4. The van der Waals surface area contributed by atoms with E-state index in [1.54, 1.807) is 26.6 Å². The second-order valence-electron chi connectivity index (χ2n) is 5.29. The van der Waals surface area contributed by atoms with E-state index in [-0.39, 0.29) is 5.88 Å². The Bertz CT molecular complexity index is 1040. The Morgan fingerprint density at radius 1 is 1.08 bits per heavy atom. The van der Waals surface area contributed by atoms with E-state index < -0.39 is 0 Å². The lowest BCUT2D eigenvalue weighted by atomic mass is 10.1. The van der Waals surface area contributed by atoms with Gasteiger partial charge in [-0.15, -0.1) is 0 Å². The fraction of sp³-hybridized carbons (Fsp3) is 0.111. The van der Waals surface area contributed by atoms with Gasteiger partial charge in [0, 0.05) is 12.3 Å². The van der Waals surface area contributed by atoms with Crippen LogP contribution in [0.25, 0.3) is 27.2 Å². The first-order valence-corrected chi connectivity index (χ1v) is 8.38. The molecule has 0 aliphatic rings. The largest absolute Gasteiger partial charge is 0.494 e. The maximum Gasteiger partial charge on any atom is 0.215 e. The smallest absolute Gasteiger partial charge is 0.215 e. The van der Waals surface area contributed by atoms with Crippen LogP contribution in [0.2, 0.25) is 0 Å². The topological polar surface area (TPSA) is 68.9 Å². The molecule has 0 unspecified atom stereocenters. The molecular weight excluding hydrogens is 338 g/mol. The van der Waals surface area contributed by atoms with E-state index in [1.807, 2.05) is 30.3 Å².